The second kappa shape index (κ2) is 6.50. The molecule has 5 heteroatoms. The van der Waals surface area contributed by atoms with Crippen LogP contribution in [0.15, 0.2) is 12.1 Å². The second-order valence-corrected chi connectivity index (χ2v) is 5.74. The number of Topliss-reactive ketones (excluding diaryl/α,β-unsaturated/α-hetero) is 1. The van der Waals surface area contributed by atoms with Gasteiger partial charge in [-0.15, -0.1) is 0 Å². The van der Waals surface area contributed by atoms with Crippen molar-refractivity contribution in [2.45, 2.75) is 46.6 Å². The highest BCUT2D eigenvalue weighted by Gasteiger charge is 2.15. The van der Waals surface area contributed by atoms with Crippen molar-refractivity contribution < 1.29 is 14.3 Å². The fourth-order valence-electron chi connectivity index (χ4n) is 1.69. The van der Waals surface area contributed by atoms with E-state index in [4.69, 9.17) is 4.74 Å². The maximum absolute atomic E-state index is 11.5. The maximum atomic E-state index is 11.5. The molecule has 1 N–H and O–H groups in total. The van der Waals surface area contributed by atoms with Gasteiger partial charge in [-0.25, -0.2) is 4.79 Å². The third kappa shape index (κ3) is 5.82. The number of carbonyl (C=O) groups excluding carboxylic acids is 2. The number of aryl methyl sites for hydroxylation is 1. The Kier molecular flexibility index (Phi) is 5.25. The zero-order chi connectivity index (χ0) is 15.3. The van der Waals surface area contributed by atoms with Gasteiger partial charge in [0.1, 0.15) is 11.3 Å². The van der Waals surface area contributed by atoms with Crippen molar-refractivity contribution in [2.24, 2.45) is 0 Å². The number of ketones is 1. The standard InChI is InChI=1S/C15H22N2O3/c1-10-8-12(9-13(17-10)11(2)18)6-7-16-14(19)20-15(3,4)5/h8-9H,6-7H2,1-5H3,(H,16,19). The normalized spacial score (nSPS) is 11.1. The molecule has 1 aromatic heterocycles. The molecular weight excluding hydrogens is 256 g/mol. The molecular formula is C15H22N2O3. The molecule has 0 fully saturated rings. The Morgan fingerprint density at radius 2 is 1.95 bits per heavy atom. The fraction of sp³-hybridized carbons (Fsp3) is 0.533. The highest BCUT2D eigenvalue weighted by molar-refractivity contribution is 5.92. The van der Waals surface area contributed by atoms with E-state index in [9.17, 15) is 9.59 Å². The SMILES string of the molecule is CC(=O)c1cc(CCNC(=O)OC(C)(C)C)cc(C)n1. The van der Waals surface area contributed by atoms with E-state index in [0.29, 0.717) is 18.7 Å². The van der Waals surface area contributed by atoms with E-state index < -0.39 is 11.7 Å². The Hall–Kier alpha value is -1.91. The first-order valence-electron chi connectivity index (χ1n) is 6.63. The predicted octanol–water partition coefficient (Wildman–Crippen LogP) is 2.66. The molecule has 0 radical (unpaired) electrons. The number of hydrogen-bond acceptors (Lipinski definition) is 4. The van der Waals surface area contributed by atoms with Crippen LogP contribution in [-0.4, -0.2) is 29.0 Å². The minimum Gasteiger partial charge on any atom is -0.444 e. The number of nitrogens with one attached hydrogen (secondary N) is 1. The van der Waals surface area contributed by atoms with Crippen LogP contribution in [0.3, 0.4) is 0 Å². The molecule has 0 unspecified atom stereocenters. The van der Waals surface area contributed by atoms with Gasteiger partial charge in [0.15, 0.2) is 5.78 Å². The summed E-state index contributed by atoms with van der Waals surface area (Å²) in [4.78, 5) is 27.0. The van der Waals surface area contributed by atoms with Crippen molar-refractivity contribution >= 4 is 11.9 Å². The Morgan fingerprint density at radius 1 is 1.30 bits per heavy atom. The highest BCUT2D eigenvalue weighted by Crippen LogP contribution is 2.08. The van der Waals surface area contributed by atoms with Crippen molar-refractivity contribution in [3.8, 4) is 0 Å². The quantitative estimate of drug-likeness (QED) is 0.860. The van der Waals surface area contributed by atoms with Crippen molar-refractivity contribution in [2.75, 3.05) is 6.54 Å². The van der Waals surface area contributed by atoms with Crippen molar-refractivity contribution in [1.82, 2.24) is 10.3 Å². The lowest BCUT2D eigenvalue weighted by atomic mass is 10.1. The zero-order valence-corrected chi connectivity index (χ0v) is 12.7. The number of nitrogens with zero attached hydrogens (tertiary/aromatic N) is 1. The van der Waals surface area contributed by atoms with Crippen LogP contribution in [0.5, 0.6) is 0 Å². The van der Waals surface area contributed by atoms with Crippen LogP contribution in [0.2, 0.25) is 0 Å². The van der Waals surface area contributed by atoms with E-state index >= 15 is 0 Å². The maximum Gasteiger partial charge on any atom is 0.407 e. The smallest absolute Gasteiger partial charge is 0.407 e. The lowest BCUT2D eigenvalue weighted by Gasteiger charge is -2.19. The monoisotopic (exact) mass is 278 g/mol. The predicted molar refractivity (Wildman–Crippen MR) is 76.9 cm³/mol. The number of pyridine rings is 1. The molecule has 0 saturated heterocycles. The summed E-state index contributed by atoms with van der Waals surface area (Å²) in [6, 6.07) is 3.66. The van der Waals surface area contributed by atoms with Crippen LogP contribution in [0.4, 0.5) is 4.79 Å². The number of carbonyl (C=O) groups is 2. The van der Waals surface area contributed by atoms with Crippen LogP contribution in [0.1, 0.15) is 49.4 Å². The minimum absolute atomic E-state index is 0.0601. The van der Waals surface area contributed by atoms with E-state index in [-0.39, 0.29) is 5.78 Å². The van der Waals surface area contributed by atoms with Gasteiger partial charge in [0.2, 0.25) is 0 Å². The third-order valence-corrected chi connectivity index (χ3v) is 2.46. The molecule has 0 aromatic carbocycles. The number of aromatic nitrogens is 1. The molecule has 0 aliphatic rings. The fourth-order valence-corrected chi connectivity index (χ4v) is 1.69. The van der Waals surface area contributed by atoms with Gasteiger partial charge in [0.25, 0.3) is 0 Å². The molecule has 1 heterocycles. The highest BCUT2D eigenvalue weighted by atomic mass is 16.6. The molecule has 0 spiro atoms. The van der Waals surface area contributed by atoms with Crippen LogP contribution >= 0.6 is 0 Å². The van der Waals surface area contributed by atoms with Gasteiger partial charge in [0.05, 0.1) is 0 Å². The van der Waals surface area contributed by atoms with E-state index in [1.807, 2.05) is 33.8 Å². The van der Waals surface area contributed by atoms with Crippen molar-refractivity contribution in [3.05, 3.63) is 29.1 Å². The number of amides is 1. The number of alkyl carbamates (subject to hydrolysis) is 1. The summed E-state index contributed by atoms with van der Waals surface area (Å²) >= 11 is 0. The summed E-state index contributed by atoms with van der Waals surface area (Å²) in [7, 11) is 0. The van der Waals surface area contributed by atoms with Gasteiger partial charge in [-0.05, 0) is 51.8 Å². The molecule has 1 aromatic rings. The topological polar surface area (TPSA) is 68.3 Å². The molecule has 110 valence electrons. The summed E-state index contributed by atoms with van der Waals surface area (Å²) in [5, 5.41) is 2.69. The molecule has 1 rings (SSSR count). The average molecular weight is 278 g/mol. The van der Waals surface area contributed by atoms with E-state index in [1.165, 1.54) is 6.92 Å². The van der Waals surface area contributed by atoms with E-state index in [1.54, 1.807) is 6.07 Å². The number of rotatable bonds is 4. The van der Waals surface area contributed by atoms with Crippen LogP contribution in [0, 0.1) is 6.92 Å². The van der Waals surface area contributed by atoms with Gasteiger partial charge in [-0.3, -0.25) is 9.78 Å². The first kappa shape index (κ1) is 16.1. The summed E-state index contributed by atoms with van der Waals surface area (Å²) < 4.78 is 5.14. The molecule has 0 aliphatic carbocycles. The van der Waals surface area contributed by atoms with E-state index in [2.05, 4.69) is 10.3 Å². The Balaban J connectivity index is 2.54. The molecule has 20 heavy (non-hydrogen) atoms. The molecule has 0 aliphatic heterocycles. The third-order valence-electron chi connectivity index (χ3n) is 2.46. The summed E-state index contributed by atoms with van der Waals surface area (Å²) in [6.45, 7) is 9.24. The van der Waals surface area contributed by atoms with Gasteiger partial charge in [0, 0.05) is 19.2 Å². The Labute approximate surface area is 119 Å². The van der Waals surface area contributed by atoms with Gasteiger partial charge in [-0.2, -0.15) is 0 Å². The zero-order valence-electron chi connectivity index (χ0n) is 12.7. The Morgan fingerprint density at radius 3 is 2.50 bits per heavy atom. The van der Waals surface area contributed by atoms with Gasteiger partial charge < -0.3 is 10.1 Å². The second-order valence-electron chi connectivity index (χ2n) is 5.74. The first-order chi connectivity index (χ1) is 9.17. The molecule has 5 nitrogen and oxygen atoms in total. The largest absolute Gasteiger partial charge is 0.444 e. The lowest BCUT2D eigenvalue weighted by molar-refractivity contribution is 0.0528. The molecule has 0 saturated carbocycles. The average Bonchev–Trinajstić information content (AvgIpc) is 2.25. The Bertz CT molecular complexity index is 504. The van der Waals surface area contributed by atoms with Crippen molar-refractivity contribution in [1.29, 1.82) is 0 Å². The van der Waals surface area contributed by atoms with Gasteiger partial charge in [-0.1, -0.05) is 0 Å². The van der Waals surface area contributed by atoms with Crippen molar-refractivity contribution in [3.63, 3.8) is 0 Å². The van der Waals surface area contributed by atoms with Crippen LogP contribution in [-0.2, 0) is 11.2 Å². The van der Waals surface area contributed by atoms with Gasteiger partial charge >= 0.3 is 6.09 Å². The number of ether oxygens (including phenoxy) is 1. The molecule has 0 atom stereocenters. The molecule has 0 bridgehead atoms. The van der Waals surface area contributed by atoms with Crippen LogP contribution in [0.25, 0.3) is 0 Å². The van der Waals surface area contributed by atoms with E-state index in [0.717, 1.165) is 11.3 Å². The summed E-state index contributed by atoms with van der Waals surface area (Å²) in [5.41, 5.74) is 1.72. The first-order valence-corrected chi connectivity index (χ1v) is 6.63. The number of hydrogen-bond donors (Lipinski definition) is 1. The summed E-state index contributed by atoms with van der Waals surface area (Å²) in [5.74, 6) is -0.0601. The molecule has 1 amide bonds. The summed E-state index contributed by atoms with van der Waals surface area (Å²) in [6.07, 6.45) is 0.193. The lowest BCUT2D eigenvalue weighted by Crippen LogP contribution is -2.33. The van der Waals surface area contributed by atoms with Crippen LogP contribution < -0.4 is 5.32 Å². The minimum atomic E-state index is -0.501.